The van der Waals surface area contributed by atoms with Crippen LogP contribution in [0.15, 0.2) is 12.1 Å². The first-order valence-corrected chi connectivity index (χ1v) is 11.5. The first-order valence-electron chi connectivity index (χ1n) is 11.5. The largest absolute Gasteiger partial charge is 0.864 e. The van der Waals surface area contributed by atoms with Gasteiger partial charge in [0.05, 0.1) is 19.6 Å². The third kappa shape index (κ3) is 5.58. The summed E-state index contributed by atoms with van der Waals surface area (Å²) in [4.78, 5) is 0. The van der Waals surface area contributed by atoms with E-state index in [0.717, 1.165) is 0 Å². The molecule has 0 aliphatic heterocycles. The van der Waals surface area contributed by atoms with Crippen LogP contribution in [-0.4, -0.2) is 27.0 Å². The highest BCUT2D eigenvalue weighted by molar-refractivity contribution is 6.39. The zero-order valence-corrected chi connectivity index (χ0v) is 21.1. The van der Waals surface area contributed by atoms with E-state index in [4.69, 9.17) is 0 Å². The van der Waals surface area contributed by atoms with E-state index in [0.29, 0.717) is 0 Å². The van der Waals surface area contributed by atoms with Gasteiger partial charge >= 0.3 is 7.32 Å². The molecule has 0 unspecified atom stereocenters. The summed E-state index contributed by atoms with van der Waals surface area (Å²) in [6.07, 6.45) is 0. The minimum atomic E-state index is -3.27. The Morgan fingerprint density at radius 2 is 0.829 bits per heavy atom. The van der Waals surface area contributed by atoms with Crippen molar-refractivity contribution in [1.82, 2.24) is 4.48 Å². The average Bonchev–Trinajstić information content (AvgIpc) is 2.94. The van der Waals surface area contributed by atoms with Crippen LogP contribution in [0.2, 0.25) is 0 Å². The fourth-order valence-corrected chi connectivity index (χ4v) is 3.94. The van der Waals surface area contributed by atoms with E-state index in [1.807, 2.05) is 0 Å². The Labute approximate surface area is 224 Å². The molecule has 0 atom stereocenters. The van der Waals surface area contributed by atoms with Crippen LogP contribution in [0.4, 0.5) is 58.4 Å². The molecule has 3 rings (SSSR count). The molecule has 0 radical (unpaired) electrons. The van der Waals surface area contributed by atoms with Gasteiger partial charge in [-0.05, 0) is 20.8 Å². The van der Waals surface area contributed by atoms with Crippen LogP contribution in [0.25, 0.3) is 0 Å². The van der Waals surface area contributed by atoms with Gasteiger partial charge in [0.1, 0.15) is 0 Å². The lowest BCUT2D eigenvalue weighted by atomic mass is 10.1. The molecule has 0 N–H and O–H groups in total. The molecule has 0 spiro atoms. The van der Waals surface area contributed by atoms with Crippen LogP contribution < -0.4 is 18.4 Å². The monoisotopic (exact) mass is 606 g/mol. The standard InChI is InChI=1S/C24H17BF12NO3/c1-4-38(5-2,6-3)21-16(33)15(32)19(36)24(20(21)37)41-25(39-22-11(28)7-9(26)13(30)17(22)34)40-23-12(29)8-10(27)14(31)18(23)35/h7-8H,4-6H2,1-3H3/q+1. The van der Waals surface area contributed by atoms with Crippen LogP contribution in [-0.2, 0) is 0 Å². The molecule has 222 valence electrons. The molecule has 3 aromatic carbocycles. The Hall–Kier alpha value is -3.76. The van der Waals surface area contributed by atoms with Crippen molar-refractivity contribution < 1.29 is 66.6 Å². The summed E-state index contributed by atoms with van der Waals surface area (Å²) in [6, 6.07) is -0.564. The molecule has 4 nitrogen and oxygen atoms in total. The summed E-state index contributed by atoms with van der Waals surface area (Å²) < 4.78 is 184. The van der Waals surface area contributed by atoms with Crippen LogP contribution in [0, 0.1) is 69.8 Å². The molecule has 0 bridgehead atoms. The predicted octanol–water partition coefficient (Wildman–Crippen LogP) is 7.24. The van der Waals surface area contributed by atoms with Gasteiger partial charge in [-0.1, -0.05) is 0 Å². The first kappa shape index (κ1) is 31.8. The van der Waals surface area contributed by atoms with Crippen molar-refractivity contribution in [1.29, 1.82) is 0 Å². The highest BCUT2D eigenvalue weighted by Gasteiger charge is 2.44. The minimum Gasteiger partial charge on any atom is -0.484 e. The van der Waals surface area contributed by atoms with E-state index < -0.39 is 105 Å². The number of halogens is 12. The van der Waals surface area contributed by atoms with Gasteiger partial charge in [0.2, 0.25) is 40.6 Å². The number of hydrogen-bond donors (Lipinski definition) is 0. The van der Waals surface area contributed by atoms with Crippen molar-refractivity contribution >= 4 is 13.0 Å². The van der Waals surface area contributed by atoms with Gasteiger partial charge in [0, 0.05) is 12.1 Å². The van der Waals surface area contributed by atoms with Crippen molar-refractivity contribution in [3.63, 3.8) is 0 Å². The second-order valence-corrected chi connectivity index (χ2v) is 8.26. The lowest BCUT2D eigenvalue weighted by Gasteiger charge is -2.35. The van der Waals surface area contributed by atoms with E-state index in [9.17, 15) is 48.3 Å². The van der Waals surface area contributed by atoms with Crippen molar-refractivity contribution in [2.24, 2.45) is 0 Å². The van der Waals surface area contributed by atoms with Crippen molar-refractivity contribution in [2.45, 2.75) is 20.8 Å². The summed E-state index contributed by atoms with van der Waals surface area (Å²) in [7, 11) is -3.27. The molecular weight excluding hydrogens is 589 g/mol. The molecule has 0 fully saturated rings. The normalized spacial score (nSPS) is 11.6. The Bertz CT molecular complexity index is 1410. The zero-order chi connectivity index (χ0) is 31.0. The molecule has 0 aromatic heterocycles. The Morgan fingerprint density at radius 3 is 1.22 bits per heavy atom. The van der Waals surface area contributed by atoms with Gasteiger partial charge < -0.3 is 14.0 Å². The molecule has 0 heterocycles. The molecular formula is C24H17BF12NO3+. The van der Waals surface area contributed by atoms with Crippen LogP contribution >= 0.6 is 0 Å². The highest BCUT2D eigenvalue weighted by Crippen LogP contribution is 2.40. The van der Waals surface area contributed by atoms with Crippen molar-refractivity contribution in [2.75, 3.05) is 19.6 Å². The van der Waals surface area contributed by atoms with Crippen LogP contribution in [0.3, 0.4) is 0 Å². The molecule has 3 aromatic rings. The number of hydrogen-bond acceptors (Lipinski definition) is 3. The molecule has 0 aliphatic carbocycles. The summed E-state index contributed by atoms with van der Waals surface area (Å²) >= 11 is 0. The molecule has 17 heteroatoms. The summed E-state index contributed by atoms with van der Waals surface area (Å²) in [5, 5.41) is 0. The van der Waals surface area contributed by atoms with Gasteiger partial charge in [0.15, 0.2) is 52.2 Å². The molecule has 0 amide bonds. The van der Waals surface area contributed by atoms with Crippen LogP contribution in [0.5, 0.6) is 17.2 Å². The summed E-state index contributed by atoms with van der Waals surface area (Å²) in [5.41, 5.74) is -1.11. The van der Waals surface area contributed by atoms with Gasteiger partial charge in [-0.2, -0.15) is 22.0 Å². The SMILES string of the molecule is CC[N+](CC)(CC)c1c(F)c(F)c(F)c(OB(Oc2c(F)cc(F)c(F)c2F)Oc2c(F)cc(F)c(F)c2F)c1F. The quantitative estimate of drug-likeness (QED) is 0.0801. The first-order chi connectivity index (χ1) is 19.1. The van der Waals surface area contributed by atoms with E-state index in [-0.39, 0.29) is 31.8 Å². The second kappa shape index (κ2) is 12.0. The van der Waals surface area contributed by atoms with Crippen LogP contribution in [0.1, 0.15) is 20.8 Å². The van der Waals surface area contributed by atoms with E-state index in [1.54, 1.807) is 0 Å². The summed E-state index contributed by atoms with van der Waals surface area (Å²) in [6.45, 7) is 4.01. The number of nitrogens with zero attached hydrogens (tertiary/aromatic N) is 1. The minimum absolute atomic E-state index is 0.0989. The number of benzene rings is 3. The second-order valence-electron chi connectivity index (χ2n) is 8.26. The zero-order valence-electron chi connectivity index (χ0n) is 21.1. The molecule has 0 aliphatic rings. The van der Waals surface area contributed by atoms with E-state index in [2.05, 4.69) is 14.0 Å². The van der Waals surface area contributed by atoms with Gasteiger partial charge in [-0.3, -0.25) is 4.48 Å². The van der Waals surface area contributed by atoms with Gasteiger partial charge in [-0.15, -0.1) is 0 Å². The van der Waals surface area contributed by atoms with Crippen molar-refractivity contribution in [3.05, 3.63) is 81.9 Å². The Morgan fingerprint density at radius 1 is 0.463 bits per heavy atom. The molecule has 0 saturated heterocycles. The number of quaternary nitrogens is 1. The third-order valence-electron chi connectivity index (χ3n) is 6.28. The smallest absolute Gasteiger partial charge is 0.484 e. The lowest BCUT2D eigenvalue weighted by Crippen LogP contribution is -2.50. The number of rotatable bonds is 10. The van der Waals surface area contributed by atoms with Gasteiger partial charge in [-0.25, -0.2) is 30.7 Å². The fourth-order valence-electron chi connectivity index (χ4n) is 3.94. The average molecular weight is 606 g/mol. The maximum Gasteiger partial charge on any atom is 0.864 e. The molecule has 0 saturated carbocycles. The van der Waals surface area contributed by atoms with Gasteiger partial charge in [0.25, 0.3) is 0 Å². The maximum atomic E-state index is 15.6. The molecule has 41 heavy (non-hydrogen) atoms. The third-order valence-corrected chi connectivity index (χ3v) is 6.28. The van der Waals surface area contributed by atoms with E-state index in [1.165, 1.54) is 20.8 Å². The fraction of sp³-hybridized carbons (Fsp3) is 0.250. The highest BCUT2D eigenvalue weighted by atomic mass is 19.2. The lowest BCUT2D eigenvalue weighted by molar-refractivity contribution is 0.249. The Balaban J connectivity index is 2.26. The van der Waals surface area contributed by atoms with E-state index >= 15 is 4.39 Å². The maximum absolute atomic E-state index is 15.6. The topological polar surface area (TPSA) is 27.7 Å². The Kier molecular flexibility index (Phi) is 9.30. The predicted molar refractivity (Wildman–Crippen MR) is 120 cm³/mol. The van der Waals surface area contributed by atoms with Crippen molar-refractivity contribution in [3.8, 4) is 17.2 Å². The summed E-state index contributed by atoms with van der Waals surface area (Å²) in [5.74, 6) is -32.5.